The molecule has 1 N–H and O–H groups in total. The highest BCUT2D eigenvalue weighted by Crippen LogP contribution is 2.29. The van der Waals surface area contributed by atoms with Gasteiger partial charge < -0.3 is 15.0 Å². The Bertz CT molecular complexity index is 1220. The Morgan fingerprint density at radius 1 is 1.11 bits per heavy atom. The van der Waals surface area contributed by atoms with Crippen molar-refractivity contribution in [3.63, 3.8) is 0 Å². The molecule has 2 aliphatic heterocycles. The van der Waals surface area contributed by atoms with Crippen molar-refractivity contribution >= 4 is 33.4 Å². The standard InChI is InChI=1S/C22H23F3N4O6S/c23-18-12-15(28-14-16(35-22(28)31)13-26-21(30)20(24)25)6-7-19(18)27-8-9-29(34-11-10-27)36(32,33)17-4-2-1-3-5-17/h1-7,12,16,20H,8-11,13-14H2,(H,26,30)/t16-/m0/s1. The first-order valence-corrected chi connectivity index (χ1v) is 12.4. The molecule has 10 nitrogen and oxygen atoms in total. The topological polar surface area (TPSA) is 108 Å². The van der Waals surface area contributed by atoms with Crippen LogP contribution in [0.5, 0.6) is 0 Å². The molecule has 194 valence electrons. The van der Waals surface area contributed by atoms with E-state index in [1.54, 1.807) is 23.1 Å². The first-order chi connectivity index (χ1) is 17.2. The molecule has 2 heterocycles. The number of anilines is 2. The molecule has 2 aromatic rings. The maximum atomic E-state index is 15.1. The van der Waals surface area contributed by atoms with Gasteiger partial charge in [-0.3, -0.25) is 14.5 Å². The maximum Gasteiger partial charge on any atom is 0.414 e. The van der Waals surface area contributed by atoms with Gasteiger partial charge in [-0.1, -0.05) is 22.7 Å². The van der Waals surface area contributed by atoms with E-state index < -0.39 is 40.4 Å². The predicted octanol–water partition coefficient (Wildman–Crippen LogP) is 1.97. The molecule has 0 unspecified atom stereocenters. The molecule has 0 radical (unpaired) electrons. The van der Waals surface area contributed by atoms with Gasteiger partial charge in [0, 0.05) is 13.1 Å². The van der Waals surface area contributed by atoms with Gasteiger partial charge in [0.2, 0.25) is 0 Å². The third kappa shape index (κ3) is 5.55. The van der Waals surface area contributed by atoms with Crippen LogP contribution in [0.3, 0.4) is 0 Å². The number of sulfonamides is 1. The van der Waals surface area contributed by atoms with Crippen LogP contribution in [-0.4, -0.2) is 76.7 Å². The average molecular weight is 529 g/mol. The third-order valence-electron chi connectivity index (χ3n) is 5.62. The van der Waals surface area contributed by atoms with Gasteiger partial charge in [-0.25, -0.2) is 17.6 Å². The quantitative estimate of drug-likeness (QED) is 0.586. The number of rotatable bonds is 7. The summed E-state index contributed by atoms with van der Waals surface area (Å²) in [6, 6.07) is 11.9. The SMILES string of the molecule is O=C(NC[C@H]1CN(c2ccc(N3CCON(S(=O)(=O)c4ccccc4)CC3)c(F)c2)C(=O)O1)C(F)F. The predicted molar refractivity (Wildman–Crippen MR) is 122 cm³/mol. The van der Waals surface area contributed by atoms with Crippen molar-refractivity contribution < 1.29 is 40.8 Å². The number of benzene rings is 2. The van der Waals surface area contributed by atoms with E-state index in [4.69, 9.17) is 9.57 Å². The number of nitrogens with one attached hydrogen (secondary N) is 1. The molecule has 0 spiro atoms. The number of hydroxylamine groups is 1. The van der Waals surface area contributed by atoms with E-state index in [2.05, 4.69) is 0 Å². The van der Waals surface area contributed by atoms with Gasteiger partial charge in [-0.2, -0.15) is 8.78 Å². The number of carbonyl (C=O) groups is 2. The van der Waals surface area contributed by atoms with Crippen LogP contribution in [0, 0.1) is 5.82 Å². The van der Waals surface area contributed by atoms with E-state index in [0.717, 1.165) is 15.4 Å². The Balaban J connectivity index is 1.41. The largest absolute Gasteiger partial charge is 0.442 e. The molecule has 0 aromatic heterocycles. The van der Waals surface area contributed by atoms with Crippen molar-refractivity contribution in [3.8, 4) is 0 Å². The lowest BCUT2D eigenvalue weighted by Gasteiger charge is -2.24. The van der Waals surface area contributed by atoms with Crippen molar-refractivity contribution in [1.82, 2.24) is 9.79 Å². The molecular weight excluding hydrogens is 505 g/mol. The Labute approximate surface area is 205 Å². The van der Waals surface area contributed by atoms with Crippen LogP contribution in [0.25, 0.3) is 0 Å². The Morgan fingerprint density at radius 3 is 2.56 bits per heavy atom. The number of hydrogen-bond acceptors (Lipinski definition) is 7. The lowest BCUT2D eigenvalue weighted by molar-refractivity contribution is -0.132. The van der Waals surface area contributed by atoms with Gasteiger partial charge in [-0.15, -0.1) is 0 Å². The summed E-state index contributed by atoms with van der Waals surface area (Å²) in [5.41, 5.74) is 0.373. The summed E-state index contributed by atoms with van der Waals surface area (Å²) in [5.74, 6) is -2.13. The van der Waals surface area contributed by atoms with Crippen LogP contribution in [0.4, 0.5) is 29.3 Å². The monoisotopic (exact) mass is 528 g/mol. The van der Waals surface area contributed by atoms with Gasteiger partial charge in [0.15, 0.2) is 0 Å². The fourth-order valence-electron chi connectivity index (χ4n) is 3.82. The van der Waals surface area contributed by atoms with Crippen LogP contribution >= 0.6 is 0 Å². The number of ether oxygens (including phenoxy) is 1. The highest BCUT2D eigenvalue weighted by molar-refractivity contribution is 7.89. The molecule has 0 bridgehead atoms. The van der Waals surface area contributed by atoms with Gasteiger partial charge in [0.1, 0.15) is 11.9 Å². The molecule has 2 aliphatic rings. The minimum atomic E-state index is -3.88. The summed E-state index contributed by atoms with van der Waals surface area (Å²) in [4.78, 5) is 31.5. The van der Waals surface area contributed by atoms with E-state index >= 15 is 4.39 Å². The number of alkyl halides is 2. The summed E-state index contributed by atoms with van der Waals surface area (Å²) in [6.07, 6.45) is -4.86. The molecule has 0 saturated carbocycles. The van der Waals surface area contributed by atoms with E-state index in [9.17, 15) is 26.8 Å². The minimum absolute atomic E-state index is 0.00226. The summed E-state index contributed by atoms with van der Waals surface area (Å²) in [6.45, 7) is -0.0392. The first-order valence-electron chi connectivity index (χ1n) is 11.0. The van der Waals surface area contributed by atoms with E-state index in [0.29, 0.717) is 0 Å². The van der Waals surface area contributed by atoms with Crippen LogP contribution in [-0.2, 0) is 24.4 Å². The Morgan fingerprint density at radius 2 is 1.86 bits per heavy atom. The number of cyclic esters (lactones) is 1. The summed E-state index contributed by atoms with van der Waals surface area (Å²) < 4.78 is 71.3. The van der Waals surface area contributed by atoms with Gasteiger partial charge in [0.25, 0.3) is 15.9 Å². The molecule has 2 amide bonds. The summed E-state index contributed by atoms with van der Waals surface area (Å²) in [7, 11) is -3.88. The molecule has 14 heteroatoms. The number of halogens is 3. The van der Waals surface area contributed by atoms with Crippen LogP contribution in [0.15, 0.2) is 53.4 Å². The highest BCUT2D eigenvalue weighted by atomic mass is 32.2. The number of carbonyl (C=O) groups excluding carboxylic acids is 2. The fourth-order valence-corrected chi connectivity index (χ4v) is 5.09. The smallest absolute Gasteiger partial charge is 0.414 e. The zero-order valence-corrected chi connectivity index (χ0v) is 19.7. The van der Waals surface area contributed by atoms with Crippen LogP contribution in [0.2, 0.25) is 0 Å². The second-order valence-corrected chi connectivity index (χ2v) is 9.79. The van der Waals surface area contributed by atoms with Crippen molar-refractivity contribution in [2.45, 2.75) is 17.4 Å². The number of nitrogens with zero attached hydrogens (tertiary/aromatic N) is 3. The average Bonchev–Trinajstić information content (AvgIpc) is 3.06. The minimum Gasteiger partial charge on any atom is -0.442 e. The maximum absolute atomic E-state index is 15.1. The number of amides is 2. The first kappa shape index (κ1) is 25.7. The van der Waals surface area contributed by atoms with Crippen molar-refractivity contribution in [3.05, 3.63) is 54.3 Å². The Kier molecular flexibility index (Phi) is 7.66. The van der Waals surface area contributed by atoms with Crippen LogP contribution in [0.1, 0.15) is 0 Å². The third-order valence-corrected chi connectivity index (χ3v) is 7.31. The van der Waals surface area contributed by atoms with Crippen molar-refractivity contribution in [1.29, 1.82) is 0 Å². The zero-order valence-electron chi connectivity index (χ0n) is 18.8. The normalized spacial score (nSPS) is 19.3. The highest BCUT2D eigenvalue weighted by Gasteiger charge is 2.34. The van der Waals surface area contributed by atoms with Crippen LogP contribution < -0.4 is 15.1 Å². The van der Waals surface area contributed by atoms with Gasteiger partial charge in [0.05, 0.1) is 42.5 Å². The molecule has 0 aliphatic carbocycles. The summed E-state index contributed by atoms with van der Waals surface area (Å²) >= 11 is 0. The molecule has 2 fully saturated rings. The fraction of sp³-hybridized carbons (Fsp3) is 0.364. The summed E-state index contributed by atoms with van der Waals surface area (Å²) in [5, 5.41) is 1.98. The second kappa shape index (κ2) is 10.7. The molecule has 2 saturated heterocycles. The van der Waals surface area contributed by atoms with Gasteiger partial charge in [-0.05, 0) is 30.3 Å². The van der Waals surface area contributed by atoms with E-state index in [1.165, 1.54) is 24.3 Å². The second-order valence-electron chi connectivity index (χ2n) is 7.96. The van der Waals surface area contributed by atoms with Gasteiger partial charge >= 0.3 is 12.5 Å². The lowest BCUT2D eigenvalue weighted by atomic mass is 10.2. The van der Waals surface area contributed by atoms with Crippen molar-refractivity contribution in [2.75, 3.05) is 49.1 Å². The van der Waals surface area contributed by atoms with Crippen molar-refractivity contribution in [2.24, 2.45) is 0 Å². The molecule has 2 aromatic carbocycles. The molecular formula is C22H23F3N4O6S. The number of hydrogen-bond donors (Lipinski definition) is 1. The Hall–Kier alpha value is -3.36. The lowest BCUT2D eigenvalue weighted by Crippen LogP contribution is -2.37. The molecule has 36 heavy (non-hydrogen) atoms. The van der Waals surface area contributed by atoms with E-state index in [1.807, 2.05) is 5.32 Å². The zero-order chi connectivity index (χ0) is 25.9. The molecule has 1 atom stereocenters. The van der Waals surface area contributed by atoms with E-state index in [-0.39, 0.29) is 55.6 Å². The molecule has 4 rings (SSSR count).